The number of rotatable bonds is 0. The van der Waals surface area contributed by atoms with Crippen molar-refractivity contribution in [2.24, 2.45) is 10.7 Å². The predicted molar refractivity (Wildman–Crippen MR) is 30.3 cm³/mol. The molecule has 0 saturated heterocycles. The minimum atomic E-state index is -0.157. The van der Waals surface area contributed by atoms with E-state index in [2.05, 4.69) is 4.99 Å². The molecule has 0 saturated carbocycles. The molecule has 1 heterocycles. The van der Waals surface area contributed by atoms with Gasteiger partial charge in [-0.05, 0) is 6.42 Å². The Morgan fingerprint density at radius 1 is 1.88 bits per heavy atom. The van der Waals surface area contributed by atoms with Gasteiger partial charge in [-0.1, -0.05) is 0 Å². The summed E-state index contributed by atoms with van der Waals surface area (Å²) in [5, 5.41) is 8.27. The summed E-state index contributed by atoms with van der Waals surface area (Å²) in [5.41, 5.74) is 5.30. The fraction of sp³-hybridized carbons (Fsp3) is 0.600. The van der Waals surface area contributed by atoms with Crippen molar-refractivity contribution < 1.29 is 0 Å². The number of amidine groups is 1. The summed E-state index contributed by atoms with van der Waals surface area (Å²) >= 11 is 0. The molecule has 0 aromatic rings. The average Bonchev–Trinajstić information content (AvgIpc) is 2.14. The van der Waals surface area contributed by atoms with Crippen LogP contribution in [0.4, 0.5) is 0 Å². The minimum absolute atomic E-state index is 0.157. The van der Waals surface area contributed by atoms with Crippen molar-refractivity contribution in [2.45, 2.75) is 18.9 Å². The van der Waals surface area contributed by atoms with Gasteiger partial charge in [0.2, 0.25) is 0 Å². The average molecular weight is 109 g/mol. The molecule has 0 aromatic carbocycles. The fourth-order valence-corrected chi connectivity index (χ4v) is 0.707. The Labute approximate surface area is 47.8 Å². The highest BCUT2D eigenvalue weighted by Crippen LogP contribution is 2.08. The molecular weight excluding hydrogens is 102 g/mol. The van der Waals surface area contributed by atoms with Crippen LogP contribution in [0.1, 0.15) is 12.8 Å². The third-order valence-electron chi connectivity index (χ3n) is 1.14. The molecule has 0 bridgehead atoms. The van der Waals surface area contributed by atoms with Crippen LogP contribution in [-0.2, 0) is 0 Å². The lowest BCUT2D eigenvalue weighted by Crippen LogP contribution is -2.05. The number of hydrogen-bond donors (Lipinski definition) is 1. The molecule has 0 aromatic heterocycles. The van der Waals surface area contributed by atoms with Gasteiger partial charge in [-0.25, -0.2) is 0 Å². The topological polar surface area (TPSA) is 62.2 Å². The third kappa shape index (κ3) is 0.784. The molecule has 1 aliphatic rings. The van der Waals surface area contributed by atoms with E-state index in [9.17, 15) is 0 Å². The van der Waals surface area contributed by atoms with E-state index in [-0.39, 0.29) is 6.04 Å². The van der Waals surface area contributed by atoms with Crippen LogP contribution >= 0.6 is 0 Å². The standard InChI is InChI=1S/C5H7N3/c6-3-4-1-2-5(7)8-4/h4H,1-2H2,(H2,7,8). The van der Waals surface area contributed by atoms with Gasteiger partial charge < -0.3 is 5.73 Å². The Balaban J connectivity index is 2.57. The Morgan fingerprint density at radius 3 is 2.88 bits per heavy atom. The molecule has 1 rings (SSSR count). The van der Waals surface area contributed by atoms with Crippen molar-refractivity contribution in [3.63, 3.8) is 0 Å². The summed E-state index contributed by atoms with van der Waals surface area (Å²) in [5.74, 6) is 0.622. The second-order valence-electron chi connectivity index (χ2n) is 1.80. The first-order valence-electron chi connectivity index (χ1n) is 2.54. The number of hydrogen-bond acceptors (Lipinski definition) is 3. The first kappa shape index (κ1) is 5.10. The van der Waals surface area contributed by atoms with Crippen LogP contribution in [0.15, 0.2) is 4.99 Å². The zero-order chi connectivity index (χ0) is 5.98. The lowest BCUT2D eigenvalue weighted by atomic mass is 10.2. The van der Waals surface area contributed by atoms with E-state index in [1.807, 2.05) is 6.07 Å². The molecule has 0 amide bonds. The Morgan fingerprint density at radius 2 is 2.62 bits per heavy atom. The summed E-state index contributed by atoms with van der Waals surface area (Å²) in [7, 11) is 0. The van der Waals surface area contributed by atoms with Crippen molar-refractivity contribution in [3.05, 3.63) is 0 Å². The maximum absolute atomic E-state index is 8.27. The quantitative estimate of drug-likeness (QED) is 0.477. The van der Waals surface area contributed by atoms with Crippen LogP contribution in [0.2, 0.25) is 0 Å². The van der Waals surface area contributed by atoms with Gasteiger partial charge >= 0.3 is 0 Å². The third-order valence-corrected chi connectivity index (χ3v) is 1.14. The summed E-state index contributed by atoms with van der Waals surface area (Å²) in [6.45, 7) is 0. The van der Waals surface area contributed by atoms with Gasteiger partial charge in [0.25, 0.3) is 0 Å². The molecule has 0 radical (unpaired) electrons. The van der Waals surface area contributed by atoms with Crippen molar-refractivity contribution in [2.75, 3.05) is 0 Å². The molecule has 3 nitrogen and oxygen atoms in total. The SMILES string of the molecule is N#CC1CCC(N)=N1. The summed E-state index contributed by atoms with van der Waals surface area (Å²) in [4.78, 5) is 3.84. The van der Waals surface area contributed by atoms with E-state index >= 15 is 0 Å². The number of nitrogens with zero attached hydrogens (tertiary/aromatic N) is 2. The normalized spacial score (nSPS) is 26.9. The van der Waals surface area contributed by atoms with Crippen molar-refractivity contribution >= 4 is 5.84 Å². The molecule has 0 spiro atoms. The predicted octanol–water partition coefficient (Wildman–Crippen LogP) is 0.0296. The van der Waals surface area contributed by atoms with Crippen LogP contribution in [-0.4, -0.2) is 11.9 Å². The van der Waals surface area contributed by atoms with Gasteiger partial charge in [0.1, 0.15) is 6.04 Å². The largest absolute Gasteiger partial charge is 0.387 e. The van der Waals surface area contributed by atoms with Gasteiger partial charge in [-0.3, -0.25) is 4.99 Å². The monoisotopic (exact) mass is 109 g/mol. The van der Waals surface area contributed by atoms with E-state index in [1.165, 1.54) is 0 Å². The fourth-order valence-electron chi connectivity index (χ4n) is 0.707. The minimum Gasteiger partial charge on any atom is -0.387 e. The van der Waals surface area contributed by atoms with Gasteiger partial charge in [0.05, 0.1) is 11.9 Å². The highest BCUT2D eigenvalue weighted by atomic mass is 14.9. The van der Waals surface area contributed by atoms with E-state index in [0.717, 1.165) is 12.8 Å². The molecule has 1 atom stereocenters. The Hall–Kier alpha value is -1.04. The molecule has 8 heavy (non-hydrogen) atoms. The first-order valence-corrected chi connectivity index (χ1v) is 2.54. The molecule has 42 valence electrons. The van der Waals surface area contributed by atoms with E-state index in [4.69, 9.17) is 11.0 Å². The number of aliphatic imine (C=N–C) groups is 1. The molecule has 0 fully saturated rings. The van der Waals surface area contributed by atoms with Crippen LogP contribution in [0.3, 0.4) is 0 Å². The van der Waals surface area contributed by atoms with Crippen LogP contribution in [0, 0.1) is 11.3 Å². The lowest BCUT2D eigenvalue weighted by molar-refractivity contribution is 0.819. The summed E-state index contributed by atoms with van der Waals surface area (Å²) in [6, 6.07) is 1.87. The van der Waals surface area contributed by atoms with Crippen molar-refractivity contribution in [3.8, 4) is 6.07 Å². The van der Waals surface area contributed by atoms with Crippen molar-refractivity contribution in [1.82, 2.24) is 0 Å². The lowest BCUT2D eigenvalue weighted by Gasteiger charge is -1.84. The number of nitrogens with two attached hydrogens (primary N) is 1. The Kier molecular flexibility index (Phi) is 1.17. The maximum atomic E-state index is 8.27. The van der Waals surface area contributed by atoms with Crippen LogP contribution < -0.4 is 5.73 Å². The van der Waals surface area contributed by atoms with Gasteiger partial charge in [0.15, 0.2) is 0 Å². The van der Waals surface area contributed by atoms with Gasteiger partial charge in [-0.2, -0.15) is 5.26 Å². The first-order chi connectivity index (χ1) is 3.83. The zero-order valence-corrected chi connectivity index (χ0v) is 4.46. The molecule has 2 N–H and O–H groups in total. The van der Waals surface area contributed by atoms with Crippen LogP contribution in [0.25, 0.3) is 0 Å². The summed E-state index contributed by atoms with van der Waals surface area (Å²) in [6.07, 6.45) is 1.60. The smallest absolute Gasteiger partial charge is 0.139 e. The highest BCUT2D eigenvalue weighted by Gasteiger charge is 2.12. The molecule has 1 unspecified atom stereocenters. The van der Waals surface area contributed by atoms with Gasteiger partial charge in [-0.15, -0.1) is 0 Å². The van der Waals surface area contributed by atoms with Gasteiger partial charge in [0, 0.05) is 6.42 Å². The van der Waals surface area contributed by atoms with E-state index in [1.54, 1.807) is 0 Å². The zero-order valence-electron chi connectivity index (χ0n) is 4.46. The Bertz CT molecular complexity index is 154. The number of nitriles is 1. The van der Waals surface area contributed by atoms with Crippen LogP contribution in [0.5, 0.6) is 0 Å². The maximum Gasteiger partial charge on any atom is 0.139 e. The van der Waals surface area contributed by atoms with Crippen molar-refractivity contribution in [1.29, 1.82) is 5.26 Å². The highest BCUT2D eigenvalue weighted by molar-refractivity contribution is 5.82. The van der Waals surface area contributed by atoms with E-state index in [0.29, 0.717) is 5.84 Å². The second kappa shape index (κ2) is 1.83. The molecule has 1 aliphatic heterocycles. The summed E-state index contributed by atoms with van der Waals surface area (Å²) < 4.78 is 0. The molecule has 0 aliphatic carbocycles. The second-order valence-corrected chi connectivity index (χ2v) is 1.80. The molecular formula is C5H7N3. The molecule has 3 heteroatoms. The van der Waals surface area contributed by atoms with E-state index < -0.39 is 0 Å².